The summed E-state index contributed by atoms with van der Waals surface area (Å²) in [7, 11) is 0. The molecule has 0 saturated carbocycles. The summed E-state index contributed by atoms with van der Waals surface area (Å²) in [5.74, 6) is 0. The predicted octanol–water partition coefficient (Wildman–Crippen LogP) is 1.29. The van der Waals surface area contributed by atoms with Crippen LogP contribution in [0.5, 0.6) is 0 Å². The second-order valence-electron chi connectivity index (χ2n) is 3.45. The first-order valence-corrected chi connectivity index (χ1v) is 4.30. The summed E-state index contributed by atoms with van der Waals surface area (Å²) in [6.45, 7) is 2.27. The van der Waals surface area contributed by atoms with Crippen LogP contribution in [0.15, 0.2) is 0 Å². The molecule has 4 heteroatoms. The van der Waals surface area contributed by atoms with Crippen LogP contribution in [-0.2, 0) is 4.74 Å². The molecule has 1 atom stereocenters. The lowest BCUT2D eigenvalue weighted by atomic mass is 9.87. The van der Waals surface area contributed by atoms with Crippen molar-refractivity contribution in [2.24, 2.45) is 0 Å². The molecule has 0 aromatic rings. The van der Waals surface area contributed by atoms with E-state index in [0.29, 0.717) is 19.6 Å². The van der Waals surface area contributed by atoms with Gasteiger partial charge in [-0.2, -0.15) is 0 Å². The van der Waals surface area contributed by atoms with E-state index in [1.807, 2.05) is 0 Å². The maximum absolute atomic E-state index is 13.3. The molecule has 1 spiro atoms. The number of rotatable bonds is 0. The number of ether oxygens (including phenoxy) is 1. The Kier molecular flexibility index (Phi) is 3.32. The molecule has 12 heavy (non-hydrogen) atoms. The minimum absolute atomic E-state index is 0. The van der Waals surface area contributed by atoms with Crippen LogP contribution in [0, 0.1) is 0 Å². The molecule has 1 unspecified atom stereocenters. The van der Waals surface area contributed by atoms with Crippen LogP contribution in [-0.4, -0.2) is 31.5 Å². The number of hydrogen-bond acceptors (Lipinski definition) is 2. The van der Waals surface area contributed by atoms with Gasteiger partial charge in [0.05, 0.1) is 5.54 Å². The standard InChI is InChI=1S/C8H14FNO.ClH/c9-7-1-4-10-8(7)2-5-11-6-3-8;/h7,10H,1-6H2;1H. The molecule has 0 aromatic heterocycles. The van der Waals surface area contributed by atoms with Gasteiger partial charge in [-0.1, -0.05) is 0 Å². The summed E-state index contributed by atoms with van der Waals surface area (Å²) in [4.78, 5) is 0. The van der Waals surface area contributed by atoms with Crippen molar-refractivity contribution in [2.75, 3.05) is 19.8 Å². The maximum atomic E-state index is 13.3. The van der Waals surface area contributed by atoms with Gasteiger partial charge >= 0.3 is 0 Å². The third-order valence-corrected chi connectivity index (χ3v) is 2.86. The van der Waals surface area contributed by atoms with Gasteiger partial charge in [-0.25, -0.2) is 4.39 Å². The van der Waals surface area contributed by atoms with Crippen molar-refractivity contribution in [1.82, 2.24) is 5.32 Å². The van der Waals surface area contributed by atoms with E-state index in [4.69, 9.17) is 4.74 Å². The first-order valence-electron chi connectivity index (χ1n) is 4.30. The van der Waals surface area contributed by atoms with E-state index in [1.54, 1.807) is 0 Å². The summed E-state index contributed by atoms with van der Waals surface area (Å²) in [6, 6.07) is 0. The molecule has 0 aliphatic carbocycles. The van der Waals surface area contributed by atoms with Gasteiger partial charge in [-0.15, -0.1) is 12.4 Å². The van der Waals surface area contributed by atoms with Gasteiger partial charge in [-0.3, -0.25) is 0 Å². The van der Waals surface area contributed by atoms with Crippen molar-refractivity contribution in [2.45, 2.75) is 31.0 Å². The zero-order valence-electron chi connectivity index (χ0n) is 7.01. The van der Waals surface area contributed by atoms with E-state index in [9.17, 15) is 4.39 Å². The molecular formula is C8H15ClFNO. The number of nitrogens with one attached hydrogen (secondary N) is 1. The van der Waals surface area contributed by atoms with Crippen LogP contribution in [0.2, 0.25) is 0 Å². The van der Waals surface area contributed by atoms with E-state index in [-0.39, 0.29) is 17.9 Å². The smallest absolute Gasteiger partial charge is 0.120 e. The lowest BCUT2D eigenvalue weighted by Crippen LogP contribution is -2.50. The average molecular weight is 196 g/mol. The molecular weight excluding hydrogens is 181 g/mol. The Morgan fingerprint density at radius 2 is 2.00 bits per heavy atom. The summed E-state index contributed by atoms with van der Waals surface area (Å²) < 4.78 is 18.5. The zero-order chi connectivity index (χ0) is 7.73. The molecule has 0 radical (unpaired) electrons. The van der Waals surface area contributed by atoms with E-state index >= 15 is 0 Å². The molecule has 2 heterocycles. The van der Waals surface area contributed by atoms with Crippen LogP contribution in [0.3, 0.4) is 0 Å². The highest BCUT2D eigenvalue weighted by Crippen LogP contribution is 2.32. The molecule has 0 amide bonds. The maximum Gasteiger partial charge on any atom is 0.120 e. The van der Waals surface area contributed by atoms with Gasteiger partial charge in [0.15, 0.2) is 0 Å². The second-order valence-corrected chi connectivity index (χ2v) is 3.45. The molecule has 72 valence electrons. The highest BCUT2D eigenvalue weighted by atomic mass is 35.5. The Morgan fingerprint density at radius 3 is 2.50 bits per heavy atom. The fourth-order valence-corrected chi connectivity index (χ4v) is 2.06. The Morgan fingerprint density at radius 1 is 1.33 bits per heavy atom. The molecule has 1 N–H and O–H groups in total. The SMILES string of the molecule is Cl.FC1CCNC12CCOCC2. The summed E-state index contributed by atoms with van der Waals surface area (Å²) in [5, 5.41) is 3.27. The molecule has 2 aliphatic rings. The molecule has 2 aliphatic heterocycles. The third kappa shape index (κ3) is 1.58. The monoisotopic (exact) mass is 195 g/mol. The van der Waals surface area contributed by atoms with Crippen molar-refractivity contribution < 1.29 is 9.13 Å². The first-order chi connectivity index (χ1) is 5.33. The summed E-state index contributed by atoms with van der Waals surface area (Å²) in [6.07, 6.45) is 1.72. The van der Waals surface area contributed by atoms with Gasteiger partial charge < -0.3 is 10.1 Å². The molecule has 2 rings (SSSR count). The minimum Gasteiger partial charge on any atom is -0.381 e. The lowest BCUT2D eigenvalue weighted by Gasteiger charge is -2.35. The minimum atomic E-state index is -0.647. The van der Waals surface area contributed by atoms with Gasteiger partial charge in [-0.05, 0) is 25.8 Å². The predicted molar refractivity (Wildman–Crippen MR) is 47.5 cm³/mol. The van der Waals surface area contributed by atoms with Crippen LogP contribution in [0.25, 0.3) is 0 Å². The van der Waals surface area contributed by atoms with E-state index in [0.717, 1.165) is 19.4 Å². The highest BCUT2D eigenvalue weighted by Gasteiger charge is 2.43. The molecule has 0 bridgehead atoms. The topological polar surface area (TPSA) is 21.3 Å². The highest BCUT2D eigenvalue weighted by molar-refractivity contribution is 5.85. The van der Waals surface area contributed by atoms with Crippen molar-refractivity contribution in [3.05, 3.63) is 0 Å². The fraction of sp³-hybridized carbons (Fsp3) is 1.00. The largest absolute Gasteiger partial charge is 0.381 e. The average Bonchev–Trinajstić information content (AvgIpc) is 2.36. The number of hydrogen-bond donors (Lipinski definition) is 1. The molecule has 2 fully saturated rings. The van der Waals surface area contributed by atoms with Gasteiger partial charge in [0, 0.05) is 13.2 Å². The summed E-state index contributed by atoms with van der Waals surface area (Å²) >= 11 is 0. The van der Waals surface area contributed by atoms with Crippen LogP contribution >= 0.6 is 12.4 Å². The second kappa shape index (κ2) is 3.90. The van der Waals surface area contributed by atoms with Crippen LogP contribution in [0.1, 0.15) is 19.3 Å². The molecule has 2 saturated heterocycles. The van der Waals surface area contributed by atoms with Crippen molar-refractivity contribution >= 4 is 12.4 Å². The number of alkyl halides is 1. The van der Waals surface area contributed by atoms with Gasteiger partial charge in [0.1, 0.15) is 6.17 Å². The molecule has 0 aromatic carbocycles. The summed E-state index contributed by atoms with van der Waals surface area (Å²) in [5.41, 5.74) is -0.210. The number of halogens is 2. The van der Waals surface area contributed by atoms with E-state index in [1.165, 1.54) is 0 Å². The van der Waals surface area contributed by atoms with Crippen molar-refractivity contribution in [1.29, 1.82) is 0 Å². The Bertz CT molecular complexity index is 150. The third-order valence-electron chi connectivity index (χ3n) is 2.86. The van der Waals surface area contributed by atoms with Crippen LogP contribution < -0.4 is 5.32 Å². The van der Waals surface area contributed by atoms with E-state index in [2.05, 4.69) is 5.32 Å². The lowest BCUT2D eigenvalue weighted by molar-refractivity contribution is 0.0193. The van der Waals surface area contributed by atoms with Crippen LogP contribution in [0.4, 0.5) is 4.39 Å². The van der Waals surface area contributed by atoms with Crippen molar-refractivity contribution in [3.63, 3.8) is 0 Å². The Hall–Kier alpha value is 0.140. The molecule has 2 nitrogen and oxygen atoms in total. The van der Waals surface area contributed by atoms with Crippen molar-refractivity contribution in [3.8, 4) is 0 Å². The fourth-order valence-electron chi connectivity index (χ4n) is 2.06. The Labute approximate surface area is 78.3 Å². The van der Waals surface area contributed by atoms with Gasteiger partial charge in [0.2, 0.25) is 0 Å². The van der Waals surface area contributed by atoms with Gasteiger partial charge in [0.25, 0.3) is 0 Å². The Balaban J connectivity index is 0.000000720. The normalized spacial score (nSPS) is 33.2. The van der Waals surface area contributed by atoms with E-state index < -0.39 is 6.17 Å². The first kappa shape index (κ1) is 10.2. The zero-order valence-corrected chi connectivity index (χ0v) is 7.83. The quantitative estimate of drug-likeness (QED) is 0.629.